The lowest BCUT2D eigenvalue weighted by atomic mass is 10.2. The van der Waals surface area contributed by atoms with Gasteiger partial charge in [0, 0.05) is 16.3 Å². The second kappa shape index (κ2) is 6.29. The highest BCUT2D eigenvalue weighted by molar-refractivity contribution is 6.30. The summed E-state index contributed by atoms with van der Waals surface area (Å²) >= 11 is 5.85. The van der Waals surface area contributed by atoms with E-state index in [0.29, 0.717) is 28.8 Å². The second-order valence-electron chi connectivity index (χ2n) is 4.56. The lowest BCUT2D eigenvalue weighted by Gasteiger charge is -2.02. The first kappa shape index (κ1) is 14.1. The van der Waals surface area contributed by atoms with Gasteiger partial charge in [0.2, 0.25) is 11.7 Å². The van der Waals surface area contributed by atoms with Gasteiger partial charge in [-0.25, -0.2) is 0 Å². The van der Waals surface area contributed by atoms with Crippen LogP contribution in [-0.2, 0) is 6.54 Å². The summed E-state index contributed by atoms with van der Waals surface area (Å²) in [7, 11) is 0. The number of rotatable bonds is 4. The van der Waals surface area contributed by atoms with Crippen molar-refractivity contribution in [2.75, 3.05) is 5.32 Å². The Hall–Kier alpha value is -2.84. The van der Waals surface area contributed by atoms with Gasteiger partial charge in [0.15, 0.2) is 0 Å². The van der Waals surface area contributed by atoms with Crippen LogP contribution < -0.4 is 5.32 Å². The molecule has 3 rings (SSSR count). The Morgan fingerprint density at radius 3 is 2.77 bits per heavy atom. The Kier molecular flexibility index (Phi) is 4.03. The third kappa shape index (κ3) is 3.25. The fraction of sp³-hybridized carbons (Fsp3) is 0.0625. The lowest BCUT2D eigenvalue weighted by molar-refractivity contribution is 0.384. The SMILES string of the molecule is N#Cc1cccc(NCc2nc(-c3ccc(Cl)cc3)no2)c1. The highest BCUT2D eigenvalue weighted by Gasteiger charge is 2.08. The van der Waals surface area contributed by atoms with E-state index in [9.17, 15) is 0 Å². The molecule has 0 bridgehead atoms. The van der Waals surface area contributed by atoms with Crippen molar-refractivity contribution in [3.05, 3.63) is 65.0 Å². The molecule has 0 fully saturated rings. The van der Waals surface area contributed by atoms with Crippen LogP contribution in [-0.4, -0.2) is 10.1 Å². The molecule has 1 heterocycles. The third-order valence-corrected chi connectivity index (χ3v) is 3.26. The summed E-state index contributed by atoms with van der Waals surface area (Å²) in [5.41, 5.74) is 2.26. The van der Waals surface area contributed by atoms with Crippen LogP contribution in [0.1, 0.15) is 11.5 Å². The molecular weight excluding hydrogens is 300 g/mol. The fourth-order valence-electron chi connectivity index (χ4n) is 1.92. The summed E-state index contributed by atoms with van der Waals surface area (Å²) in [6.07, 6.45) is 0. The van der Waals surface area contributed by atoms with Gasteiger partial charge in [0.1, 0.15) is 0 Å². The maximum Gasteiger partial charge on any atom is 0.246 e. The summed E-state index contributed by atoms with van der Waals surface area (Å²) in [5, 5.41) is 16.6. The number of anilines is 1. The minimum atomic E-state index is 0.384. The standard InChI is InChI=1S/C16H11ClN4O/c17-13-6-4-12(5-7-13)16-20-15(22-21-16)10-19-14-3-1-2-11(8-14)9-18/h1-8,19H,10H2. The molecule has 0 aliphatic rings. The van der Waals surface area contributed by atoms with Gasteiger partial charge >= 0.3 is 0 Å². The minimum Gasteiger partial charge on any atom is -0.376 e. The van der Waals surface area contributed by atoms with Crippen molar-refractivity contribution < 1.29 is 4.52 Å². The largest absolute Gasteiger partial charge is 0.376 e. The summed E-state index contributed by atoms with van der Waals surface area (Å²) in [5.74, 6) is 0.978. The van der Waals surface area contributed by atoms with Crippen LogP contribution in [0.3, 0.4) is 0 Å². The van der Waals surface area contributed by atoms with Gasteiger partial charge in [0.25, 0.3) is 0 Å². The summed E-state index contributed by atoms with van der Waals surface area (Å²) in [6.45, 7) is 0.384. The van der Waals surface area contributed by atoms with Crippen molar-refractivity contribution in [2.45, 2.75) is 6.54 Å². The number of benzene rings is 2. The molecule has 0 spiro atoms. The molecule has 0 unspecified atom stereocenters. The number of halogens is 1. The van der Waals surface area contributed by atoms with E-state index in [0.717, 1.165) is 11.3 Å². The molecule has 5 nitrogen and oxygen atoms in total. The number of aromatic nitrogens is 2. The molecule has 0 saturated carbocycles. The Morgan fingerprint density at radius 2 is 2.00 bits per heavy atom. The predicted molar refractivity (Wildman–Crippen MR) is 83.2 cm³/mol. The number of hydrogen-bond donors (Lipinski definition) is 1. The maximum absolute atomic E-state index is 8.87. The smallest absolute Gasteiger partial charge is 0.246 e. The van der Waals surface area contributed by atoms with E-state index in [2.05, 4.69) is 21.5 Å². The van der Waals surface area contributed by atoms with Crippen molar-refractivity contribution in [1.82, 2.24) is 10.1 Å². The molecule has 0 amide bonds. The van der Waals surface area contributed by atoms with Crippen LogP contribution in [0, 0.1) is 11.3 Å². The molecule has 2 aromatic carbocycles. The van der Waals surface area contributed by atoms with Crippen LogP contribution >= 0.6 is 11.6 Å². The van der Waals surface area contributed by atoms with Gasteiger partial charge in [0.05, 0.1) is 18.2 Å². The van der Waals surface area contributed by atoms with Crippen molar-refractivity contribution in [3.8, 4) is 17.5 Å². The monoisotopic (exact) mass is 310 g/mol. The summed E-state index contributed by atoms with van der Waals surface area (Å²) in [6, 6.07) is 16.5. The molecule has 0 atom stereocenters. The van der Waals surface area contributed by atoms with Crippen molar-refractivity contribution >= 4 is 17.3 Å². The van der Waals surface area contributed by atoms with Gasteiger partial charge in [-0.1, -0.05) is 22.8 Å². The molecule has 1 aromatic heterocycles. The molecule has 108 valence electrons. The molecule has 1 N–H and O–H groups in total. The first-order valence-electron chi connectivity index (χ1n) is 6.57. The Bertz CT molecular complexity index is 821. The van der Waals surface area contributed by atoms with Gasteiger partial charge in [-0.3, -0.25) is 0 Å². The first-order chi connectivity index (χ1) is 10.7. The van der Waals surface area contributed by atoms with E-state index in [1.165, 1.54) is 0 Å². The minimum absolute atomic E-state index is 0.384. The average Bonchev–Trinajstić information content (AvgIpc) is 3.03. The Morgan fingerprint density at radius 1 is 1.18 bits per heavy atom. The first-order valence-corrected chi connectivity index (χ1v) is 6.95. The normalized spacial score (nSPS) is 10.2. The van der Waals surface area contributed by atoms with E-state index in [4.69, 9.17) is 21.4 Å². The van der Waals surface area contributed by atoms with E-state index in [-0.39, 0.29) is 0 Å². The number of hydrogen-bond acceptors (Lipinski definition) is 5. The summed E-state index contributed by atoms with van der Waals surface area (Å²) in [4.78, 5) is 4.32. The van der Waals surface area contributed by atoms with Crippen LogP contribution in [0.2, 0.25) is 5.02 Å². The van der Waals surface area contributed by atoms with Gasteiger partial charge < -0.3 is 9.84 Å². The number of nitrogens with one attached hydrogen (secondary N) is 1. The Labute approximate surface area is 132 Å². The lowest BCUT2D eigenvalue weighted by Crippen LogP contribution is -1.99. The third-order valence-electron chi connectivity index (χ3n) is 3.01. The zero-order valence-electron chi connectivity index (χ0n) is 11.5. The molecular formula is C16H11ClN4O. The molecule has 22 heavy (non-hydrogen) atoms. The topological polar surface area (TPSA) is 74.7 Å². The average molecular weight is 311 g/mol. The summed E-state index contributed by atoms with van der Waals surface area (Å²) < 4.78 is 5.21. The van der Waals surface area contributed by atoms with Crippen molar-refractivity contribution in [2.24, 2.45) is 0 Å². The zero-order valence-corrected chi connectivity index (χ0v) is 12.2. The van der Waals surface area contributed by atoms with E-state index < -0.39 is 0 Å². The zero-order chi connectivity index (χ0) is 15.4. The van der Waals surface area contributed by atoms with Gasteiger partial charge in [-0.05, 0) is 42.5 Å². The van der Waals surface area contributed by atoms with Crippen LogP contribution in [0.15, 0.2) is 53.1 Å². The molecule has 0 radical (unpaired) electrons. The van der Waals surface area contributed by atoms with Gasteiger partial charge in [-0.15, -0.1) is 0 Å². The van der Waals surface area contributed by atoms with E-state index >= 15 is 0 Å². The quantitative estimate of drug-likeness (QED) is 0.791. The molecule has 3 aromatic rings. The number of nitriles is 1. The predicted octanol–water partition coefficient (Wildman–Crippen LogP) is 3.87. The van der Waals surface area contributed by atoms with Crippen LogP contribution in [0.25, 0.3) is 11.4 Å². The van der Waals surface area contributed by atoms with Crippen molar-refractivity contribution in [3.63, 3.8) is 0 Å². The highest BCUT2D eigenvalue weighted by Crippen LogP contribution is 2.19. The Balaban J connectivity index is 1.69. The number of nitrogens with zero attached hydrogens (tertiary/aromatic N) is 3. The van der Waals surface area contributed by atoms with E-state index in [1.54, 1.807) is 24.3 Å². The van der Waals surface area contributed by atoms with Crippen LogP contribution in [0.5, 0.6) is 0 Å². The highest BCUT2D eigenvalue weighted by atomic mass is 35.5. The molecule has 0 saturated heterocycles. The fourth-order valence-corrected chi connectivity index (χ4v) is 2.05. The van der Waals surface area contributed by atoms with Gasteiger partial charge in [-0.2, -0.15) is 10.2 Å². The molecule has 6 heteroatoms. The van der Waals surface area contributed by atoms with Crippen LogP contribution in [0.4, 0.5) is 5.69 Å². The maximum atomic E-state index is 8.87. The second-order valence-corrected chi connectivity index (χ2v) is 5.00. The molecule has 0 aliphatic carbocycles. The van der Waals surface area contributed by atoms with E-state index in [1.807, 2.05) is 24.3 Å². The van der Waals surface area contributed by atoms with Crippen molar-refractivity contribution in [1.29, 1.82) is 5.26 Å². The molecule has 0 aliphatic heterocycles.